The number of ether oxygens (including phenoxy) is 1. The zero-order valence-electron chi connectivity index (χ0n) is 15.0. The summed E-state index contributed by atoms with van der Waals surface area (Å²) in [6, 6.07) is 3.45. The van der Waals surface area contributed by atoms with Gasteiger partial charge in [-0.2, -0.15) is 0 Å². The predicted molar refractivity (Wildman–Crippen MR) is 103 cm³/mol. The summed E-state index contributed by atoms with van der Waals surface area (Å²) in [6.07, 6.45) is 1.67. The quantitative estimate of drug-likeness (QED) is 0.290. The van der Waals surface area contributed by atoms with Crippen molar-refractivity contribution < 1.29 is 19.4 Å². The van der Waals surface area contributed by atoms with Crippen LogP contribution < -0.4 is 16.2 Å². The van der Waals surface area contributed by atoms with Gasteiger partial charge >= 0.3 is 5.69 Å². The van der Waals surface area contributed by atoms with Gasteiger partial charge in [-0.05, 0) is 18.6 Å². The molecule has 1 aromatic carbocycles. The molecule has 0 saturated carbocycles. The van der Waals surface area contributed by atoms with Gasteiger partial charge in [-0.1, -0.05) is 11.6 Å². The van der Waals surface area contributed by atoms with Crippen LogP contribution in [0.25, 0.3) is 0 Å². The second kappa shape index (κ2) is 10.1. The number of methoxy groups -OCH3 is 1. The number of hydrogen-bond acceptors (Lipinski definition) is 10. The Hall–Kier alpha value is -3.58. The third-order valence-electron chi connectivity index (χ3n) is 3.52. The van der Waals surface area contributed by atoms with Crippen LogP contribution in [0.5, 0.6) is 0 Å². The van der Waals surface area contributed by atoms with Crippen molar-refractivity contribution in [1.82, 2.24) is 15.4 Å². The summed E-state index contributed by atoms with van der Waals surface area (Å²) < 4.78 is 4.90. The van der Waals surface area contributed by atoms with E-state index in [9.17, 15) is 25.0 Å². The largest absolute Gasteiger partial charge is 0.385 e. The van der Waals surface area contributed by atoms with Gasteiger partial charge in [0.1, 0.15) is 11.3 Å². The molecule has 0 spiro atoms. The van der Waals surface area contributed by atoms with Gasteiger partial charge < -0.3 is 10.1 Å². The molecule has 0 aliphatic heterocycles. The SMILES string of the molecule is COCCCNc1ncnc(NNC(=O)c2ccc(Cl)c([N+](=O)[O-])c2)c1[N+](=O)[O-]. The molecule has 1 heterocycles. The zero-order chi connectivity index (χ0) is 21.4. The Morgan fingerprint density at radius 3 is 2.59 bits per heavy atom. The van der Waals surface area contributed by atoms with Gasteiger partial charge in [-0.25, -0.2) is 9.97 Å². The number of carbonyl (C=O) groups is 1. The minimum absolute atomic E-state index is 0.0417. The molecule has 0 aliphatic rings. The predicted octanol–water partition coefficient (Wildman–Crippen LogP) is 2.15. The Labute approximate surface area is 168 Å². The molecule has 0 bridgehead atoms. The fraction of sp³-hybridized carbons (Fsp3) is 0.267. The number of hydrazine groups is 1. The molecule has 3 N–H and O–H groups in total. The summed E-state index contributed by atoms with van der Waals surface area (Å²) in [7, 11) is 1.53. The summed E-state index contributed by atoms with van der Waals surface area (Å²) in [5.41, 5.74) is 3.53. The number of benzene rings is 1. The average Bonchev–Trinajstić information content (AvgIpc) is 2.69. The third kappa shape index (κ3) is 5.70. The number of rotatable bonds is 10. The molecule has 0 atom stereocenters. The first-order valence-electron chi connectivity index (χ1n) is 8.07. The van der Waals surface area contributed by atoms with Crippen molar-refractivity contribution in [1.29, 1.82) is 0 Å². The number of amides is 1. The highest BCUT2D eigenvalue weighted by atomic mass is 35.5. The highest BCUT2D eigenvalue weighted by Crippen LogP contribution is 2.28. The maximum atomic E-state index is 12.2. The van der Waals surface area contributed by atoms with Gasteiger partial charge in [0.15, 0.2) is 0 Å². The van der Waals surface area contributed by atoms with E-state index in [1.54, 1.807) is 0 Å². The van der Waals surface area contributed by atoms with Crippen molar-refractivity contribution in [2.45, 2.75) is 6.42 Å². The Balaban J connectivity index is 2.15. The average molecular weight is 426 g/mol. The number of nitrogens with zero attached hydrogens (tertiary/aromatic N) is 4. The highest BCUT2D eigenvalue weighted by molar-refractivity contribution is 6.32. The molecule has 2 aromatic rings. The number of nitrogens with one attached hydrogen (secondary N) is 3. The molecule has 29 heavy (non-hydrogen) atoms. The second-order valence-electron chi connectivity index (χ2n) is 5.45. The molecule has 14 heteroatoms. The molecule has 2 rings (SSSR count). The van der Waals surface area contributed by atoms with Crippen LogP contribution in [-0.2, 0) is 4.74 Å². The first-order valence-corrected chi connectivity index (χ1v) is 8.45. The van der Waals surface area contributed by atoms with Crippen molar-refractivity contribution in [2.24, 2.45) is 0 Å². The molecule has 1 aromatic heterocycles. The van der Waals surface area contributed by atoms with Crippen molar-refractivity contribution in [2.75, 3.05) is 31.0 Å². The zero-order valence-corrected chi connectivity index (χ0v) is 15.8. The highest BCUT2D eigenvalue weighted by Gasteiger charge is 2.23. The van der Waals surface area contributed by atoms with Crippen LogP contribution in [0.4, 0.5) is 23.0 Å². The topological polar surface area (TPSA) is 174 Å². The summed E-state index contributed by atoms with van der Waals surface area (Å²) in [5, 5.41) is 25.0. The molecule has 154 valence electrons. The summed E-state index contributed by atoms with van der Waals surface area (Å²) in [4.78, 5) is 40.7. The lowest BCUT2D eigenvalue weighted by Crippen LogP contribution is -2.30. The molecule has 0 fully saturated rings. The molecule has 13 nitrogen and oxygen atoms in total. The minimum atomic E-state index is -0.785. The number of aromatic nitrogens is 2. The van der Waals surface area contributed by atoms with Crippen LogP contribution in [-0.4, -0.2) is 46.0 Å². The van der Waals surface area contributed by atoms with Crippen LogP contribution in [0.3, 0.4) is 0 Å². The minimum Gasteiger partial charge on any atom is -0.385 e. The first-order chi connectivity index (χ1) is 13.8. The van der Waals surface area contributed by atoms with Crippen LogP contribution >= 0.6 is 11.6 Å². The molecule has 1 amide bonds. The van der Waals surface area contributed by atoms with E-state index >= 15 is 0 Å². The van der Waals surface area contributed by atoms with Gasteiger partial charge in [0.2, 0.25) is 11.6 Å². The third-order valence-corrected chi connectivity index (χ3v) is 3.84. The number of anilines is 2. The number of hydrogen-bond donors (Lipinski definition) is 3. The first kappa shape index (κ1) is 21.7. The van der Waals surface area contributed by atoms with E-state index in [0.29, 0.717) is 19.6 Å². The lowest BCUT2D eigenvalue weighted by molar-refractivity contribution is -0.384. The lowest BCUT2D eigenvalue weighted by atomic mass is 10.2. The fourth-order valence-corrected chi connectivity index (χ4v) is 2.36. The van der Waals surface area contributed by atoms with Crippen molar-refractivity contribution in [3.63, 3.8) is 0 Å². The van der Waals surface area contributed by atoms with E-state index in [4.69, 9.17) is 16.3 Å². The Morgan fingerprint density at radius 2 is 1.93 bits per heavy atom. The van der Waals surface area contributed by atoms with Crippen molar-refractivity contribution >= 4 is 40.5 Å². The van der Waals surface area contributed by atoms with Crippen molar-refractivity contribution in [3.8, 4) is 0 Å². The molecule has 0 radical (unpaired) electrons. The maximum Gasteiger partial charge on any atom is 0.354 e. The molecule has 0 aliphatic carbocycles. The fourth-order valence-electron chi connectivity index (χ4n) is 2.18. The van der Waals surface area contributed by atoms with E-state index < -0.39 is 27.1 Å². The van der Waals surface area contributed by atoms with Gasteiger partial charge in [-0.15, -0.1) is 0 Å². The molecular weight excluding hydrogens is 410 g/mol. The molecule has 0 saturated heterocycles. The number of halogens is 1. The lowest BCUT2D eigenvalue weighted by Gasteiger charge is -2.11. The van der Waals surface area contributed by atoms with Gasteiger partial charge in [0, 0.05) is 31.9 Å². The Kier molecular flexibility index (Phi) is 7.56. The van der Waals surface area contributed by atoms with E-state index in [0.717, 1.165) is 12.4 Å². The summed E-state index contributed by atoms with van der Waals surface area (Å²) in [6.45, 7) is 0.826. The van der Waals surface area contributed by atoms with E-state index in [-0.39, 0.29) is 22.2 Å². The van der Waals surface area contributed by atoms with E-state index in [1.807, 2.05) is 0 Å². The standard InChI is InChI=1S/C15H16ClN7O6/c1-29-6-2-5-17-13-12(23(27)28)14(19-8-18-13)20-21-15(24)9-3-4-10(16)11(7-9)22(25)26/h3-4,7-8H,2,5-6H2,1H3,(H,21,24)(H2,17,18,19,20). The second-order valence-corrected chi connectivity index (χ2v) is 5.86. The number of carbonyl (C=O) groups excluding carboxylic acids is 1. The van der Waals surface area contributed by atoms with Gasteiger partial charge in [0.05, 0.1) is 9.85 Å². The number of nitro benzene ring substituents is 1. The summed E-state index contributed by atoms with van der Waals surface area (Å²) >= 11 is 5.71. The van der Waals surface area contributed by atoms with Crippen LogP contribution in [0.15, 0.2) is 24.5 Å². The normalized spacial score (nSPS) is 10.3. The Bertz CT molecular complexity index is 926. The van der Waals surface area contributed by atoms with Crippen LogP contribution in [0.1, 0.15) is 16.8 Å². The van der Waals surface area contributed by atoms with Crippen molar-refractivity contribution in [3.05, 3.63) is 55.3 Å². The monoisotopic (exact) mass is 425 g/mol. The van der Waals surface area contributed by atoms with Crippen LogP contribution in [0, 0.1) is 20.2 Å². The smallest absolute Gasteiger partial charge is 0.354 e. The van der Waals surface area contributed by atoms with E-state index in [1.165, 1.54) is 19.2 Å². The van der Waals surface area contributed by atoms with Crippen LogP contribution in [0.2, 0.25) is 5.02 Å². The molecule has 0 unspecified atom stereocenters. The Morgan fingerprint density at radius 1 is 1.21 bits per heavy atom. The van der Waals surface area contributed by atoms with Gasteiger partial charge in [0.25, 0.3) is 11.6 Å². The van der Waals surface area contributed by atoms with Gasteiger partial charge in [-0.3, -0.25) is 35.9 Å². The maximum absolute atomic E-state index is 12.2. The summed E-state index contributed by atoms with van der Waals surface area (Å²) in [5.74, 6) is -1.09. The van der Waals surface area contributed by atoms with E-state index in [2.05, 4.69) is 26.1 Å². The molecular formula is C15H16ClN7O6. The number of nitro groups is 2.